The first-order chi connectivity index (χ1) is 15.1. The molecule has 2 aromatic carbocycles. The first kappa shape index (κ1) is 21.3. The number of amides is 3. The van der Waals surface area contributed by atoms with Gasteiger partial charge in [0.2, 0.25) is 0 Å². The van der Waals surface area contributed by atoms with Crippen molar-refractivity contribution >= 4 is 11.9 Å². The van der Waals surface area contributed by atoms with Crippen molar-refractivity contribution in [1.82, 2.24) is 15.1 Å². The topological polar surface area (TPSA) is 61.9 Å². The summed E-state index contributed by atoms with van der Waals surface area (Å²) in [5.74, 6) is -0.126. The predicted molar refractivity (Wildman–Crippen MR) is 115 cm³/mol. The Bertz CT molecular complexity index is 904. The number of nitrogens with zero attached hydrogens (tertiary/aromatic N) is 2. The highest BCUT2D eigenvalue weighted by Gasteiger charge is 2.31. The van der Waals surface area contributed by atoms with Gasteiger partial charge in [0.25, 0.3) is 5.91 Å². The molecule has 4 rings (SSSR count). The van der Waals surface area contributed by atoms with E-state index in [0.717, 1.165) is 18.4 Å². The lowest BCUT2D eigenvalue weighted by atomic mass is 10.1. The van der Waals surface area contributed by atoms with Crippen molar-refractivity contribution in [3.8, 4) is 0 Å². The van der Waals surface area contributed by atoms with Crippen molar-refractivity contribution in [2.75, 3.05) is 32.8 Å². The molecule has 1 saturated heterocycles. The van der Waals surface area contributed by atoms with Crippen molar-refractivity contribution < 1.29 is 18.7 Å². The number of ether oxygens (including phenoxy) is 1. The number of urea groups is 1. The third-order valence-corrected chi connectivity index (χ3v) is 5.67. The Balaban J connectivity index is 1.35. The molecule has 1 N–H and O–H groups in total. The second kappa shape index (κ2) is 9.92. The van der Waals surface area contributed by atoms with Crippen molar-refractivity contribution in [2.45, 2.75) is 25.5 Å². The fraction of sp³-hybridized carbons (Fsp3) is 0.417. The number of hydrogen-bond donors (Lipinski definition) is 1. The van der Waals surface area contributed by atoms with E-state index in [1.165, 1.54) is 12.1 Å². The third-order valence-electron chi connectivity index (χ3n) is 5.67. The van der Waals surface area contributed by atoms with Crippen LogP contribution in [0.1, 0.15) is 28.8 Å². The normalized spacial score (nSPS) is 18.5. The third kappa shape index (κ3) is 6.04. The van der Waals surface area contributed by atoms with E-state index in [4.69, 9.17) is 4.74 Å². The molecule has 7 heteroatoms. The van der Waals surface area contributed by atoms with Gasteiger partial charge in [0.15, 0.2) is 0 Å². The van der Waals surface area contributed by atoms with Crippen LogP contribution in [0.2, 0.25) is 0 Å². The van der Waals surface area contributed by atoms with Crippen LogP contribution in [0, 0.1) is 11.7 Å². The highest BCUT2D eigenvalue weighted by atomic mass is 19.1. The van der Waals surface area contributed by atoms with E-state index in [-0.39, 0.29) is 18.0 Å². The van der Waals surface area contributed by atoms with Gasteiger partial charge in [-0.2, -0.15) is 0 Å². The zero-order chi connectivity index (χ0) is 21.6. The van der Waals surface area contributed by atoms with E-state index >= 15 is 0 Å². The highest BCUT2D eigenvalue weighted by molar-refractivity contribution is 5.94. The Morgan fingerprint density at radius 2 is 1.90 bits per heavy atom. The quantitative estimate of drug-likeness (QED) is 0.741. The van der Waals surface area contributed by atoms with Gasteiger partial charge in [-0.1, -0.05) is 36.4 Å². The molecule has 0 aromatic heterocycles. The molecule has 31 heavy (non-hydrogen) atoms. The monoisotopic (exact) mass is 425 g/mol. The van der Waals surface area contributed by atoms with E-state index in [0.29, 0.717) is 50.8 Å². The van der Waals surface area contributed by atoms with Crippen LogP contribution in [0.5, 0.6) is 0 Å². The maximum atomic E-state index is 13.6. The Morgan fingerprint density at radius 1 is 1.10 bits per heavy atom. The SMILES string of the molecule is O=C(NCc1ccccc1)N1CCO[C@@H](CN(CC2CC2)C(=O)c2cccc(F)c2)C1. The van der Waals surface area contributed by atoms with E-state index < -0.39 is 5.82 Å². The lowest BCUT2D eigenvalue weighted by Gasteiger charge is -2.36. The summed E-state index contributed by atoms with van der Waals surface area (Å²) in [5.41, 5.74) is 1.38. The van der Waals surface area contributed by atoms with Crippen molar-refractivity contribution in [3.63, 3.8) is 0 Å². The first-order valence-electron chi connectivity index (χ1n) is 10.8. The lowest BCUT2D eigenvalue weighted by Crippen LogP contribution is -2.53. The number of rotatable bonds is 7. The van der Waals surface area contributed by atoms with Crippen LogP contribution >= 0.6 is 0 Å². The van der Waals surface area contributed by atoms with Crippen molar-refractivity contribution in [2.24, 2.45) is 5.92 Å². The molecule has 164 valence electrons. The zero-order valence-electron chi connectivity index (χ0n) is 17.5. The van der Waals surface area contributed by atoms with Gasteiger partial charge in [-0.05, 0) is 42.5 Å². The maximum absolute atomic E-state index is 13.6. The molecule has 1 saturated carbocycles. The van der Waals surface area contributed by atoms with Crippen LogP contribution in [0.4, 0.5) is 9.18 Å². The van der Waals surface area contributed by atoms with Crippen molar-refractivity contribution in [3.05, 3.63) is 71.5 Å². The number of carbonyl (C=O) groups excluding carboxylic acids is 2. The number of morpholine rings is 1. The van der Waals surface area contributed by atoms with Crippen LogP contribution in [-0.4, -0.2) is 60.6 Å². The van der Waals surface area contributed by atoms with Gasteiger partial charge in [-0.3, -0.25) is 4.79 Å². The van der Waals surface area contributed by atoms with Crippen LogP contribution in [0.15, 0.2) is 54.6 Å². The standard InChI is InChI=1S/C24H28FN3O3/c25-21-8-4-7-20(13-21)23(29)28(15-19-9-10-19)17-22-16-27(11-12-31-22)24(30)26-14-18-5-2-1-3-6-18/h1-8,13,19,22H,9-12,14-17H2,(H,26,30)/t22-/m1/s1. The van der Waals surface area contributed by atoms with Gasteiger partial charge in [-0.15, -0.1) is 0 Å². The first-order valence-corrected chi connectivity index (χ1v) is 10.8. The van der Waals surface area contributed by atoms with Gasteiger partial charge >= 0.3 is 6.03 Å². The van der Waals surface area contributed by atoms with Gasteiger partial charge in [-0.25, -0.2) is 9.18 Å². The Labute approximate surface area is 182 Å². The summed E-state index contributed by atoms with van der Waals surface area (Å²) in [5, 5.41) is 2.95. The molecular formula is C24H28FN3O3. The fourth-order valence-electron chi connectivity index (χ4n) is 3.80. The summed E-state index contributed by atoms with van der Waals surface area (Å²) in [7, 11) is 0. The fourth-order valence-corrected chi connectivity index (χ4v) is 3.80. The number of hydrogen-bond acceptors (Lipinski definition) is 3. The summed E-state index contributed by atoms with van der Waals surface area (Å²) >= 11 is 0. The molecule has 0 radical (unpaired) electrons. The average Bonchev–Trinajstić information content (AvgIpc) is 3.61. The van der Waals surface area contributed by atoms with Gasteiger partial charge in [0, 0.05) is 31.7 Å². The molecule has 2 fully saturated rings. The van der Waals surface area contributed by atoms with Gasteiger partial charge in [0.1, 0.15) is 5.82 Å². The Kier molecular flexibility index (Phi) is 6.82. The molecule has 0 spiro atoms. The predicted octanol–water partition coefficient (Wildman–Crippen LogP) is 3.29. The van der Waals surface area contributed by atoms with Crippen LogP contribution in [-0.2, 0) is 11.3 Å². The number of carbonyl (C=O) groups is 2. The van der Waals surface area contributed by atoms with E-state index in [1.54, 1.807) is 21.9 Å². The summed E-state index contributed by atoms with van der Waals surface area (Å²) in [6.45, 7) is 2.84. The van der Waals surface area contributed by atoms with Gasteiger partial charge in [0.05, 0.1) is 19.3 Å². The maximum Gasteiger partial charge on any atom is 0.317 e. The summed E-state index contributed by atoms with van der Waals surface area (Å²) in [6, 6.07) is 15.4. The Morgan fingerprint density at radius 3 is 2.65 bits per heavy atom. The van der Waals surface area contributed by atoms with Crippen LogP contribution in [0.3, 0.4) is 0 Å². The van der Waals surface area contributed by atoms with E-state index in [9.17, 15) is 14.0 Å². The molecule has 0 bridgehead atoms. The molecule has 1 heterocycles. The summed E-state index contributed by atoms with van der Waals surface area (Å²) in [4.78, 5) is 29.1. The molecule has 1 atom stereocenters. The minimum Gasteiger partial charge on any atom is -0.373 e. The number of nitrogens with one attached hydrogen (secondary N) is 1. The van der Waals surface area contributed by atoms with E-state index in [1.807, 2.05) is 30.3 Å². The smallest absolute Gasteiger partial charge is 0.317 e. The molecule has 2 aromatic rings. The molecule has 1 aliphatic carbocycles. The van der Waals surface area contributed by atoms with Crippen LogP contribution in [0.25, 0.3) is 0 Å². The summed E-state index contributed by atoms with van der Waals surface area (Å²) < 4.78 is 19.5. The molecular weight excluding hydrogens is 397 g/mol. The van der Waals surface area contributed by atoms with Crippen LogP contribution < -0.4 is 5.32 Å². The Hall–Kier alpha value is -2.93. The second-order valence-corrected chi connectivity index (χ2v) is 8.25. The van der Waals surface area contributed by atoms with E-state index in [2.05, 4.69) is 5.32 Å². The second-order valence-electron chi connectivity index (χ2n) is 8.25. The lowest BCUT2D eigenvalue weighted by molar-refractivity contribution is -0.0282. The molecule has 3 amide bonds. The van der Waals surface area contributed by atoms with Gasteiger partial charge < -0.3 is 19.9 Å². The zero-order valence-corrected chi connectivity index (χ0v) is 17.5. The largest absolute Gasteiger partial charge is 0.373 e. The molecule has 2 aliphatic rings. The minimum absolute atomic E-state index is 0.137. The molecule has 6 nitrogen and oxygen atoms in total. The molecule has 0 unspecified atom stereocenters. The summed E-state index contributed by atoms with van der Waals surface area (Å²) in [6.07, 6.45) is 1.94. The number of benzene rings is 2. The highest BCUT2D eigenvalue weighted by Crippen LogP contribution is 2.30. The number of halogens is 1. The molecule has 1 aliphatic heterocycles. The average molecular weight is 426 g/mol. The minimum atomic E-state index is -0.424. The van der Waals surface area contributed by atoms with Crippen molar-refractivity contribution in [1.29, 1.82) is 0 Å².